The summed E-state index contributed by atoms with van der Waals surface area (Å²) in [5.41, 5.74) is 10.0. The van der Waals surface area contributed by atoms with Crippen LogP contribution < -0.4 is 5.73 Å². The van der Waals surface area contributed by atoms with Crippen LogP contribution in [0.1, 0.15) is 18.2 Å². The van der Waals surface area contributed by atoms with Crippen LogP contribution in [0.15, 0.2) is 24.3 Å². The lowest BCUT2D eigenvalue weighted by Crippen LogP contribution is -1.94. The number of aryl methyl sites for hydroxylation is 2. The standard InChI is InChI=1S/C12H14N2/c1-3-9-7-11(13)10-5-4-8(2)6-12(10)14-9/h4-7H,3H2,1-2H3,(H2,13,14). The molecule has 0 atom stereocenters. The maximum absolute atomic E-state index is 5.94. The van der Waals surface area contributed by atoms with Gasteiger partial charge < -0.3 is 5.73 Å². The van der Waals surface area contributed by atoms with E-state index in [9.17, 15) is 0 Å². The number of nitrogens with zero attached hydrogens (tertiary/aromatic N) is 1. The number of nitrogens with two attached hydrogens (primary N) is 1. The van der Waals surface area contributed by atoms with Gasteiger partial charge in [-0.3, -0.25) is 4.98 Å². The molecule has 2 nitrogen and oxygen atoms in total. The topological polar surface area (TPSA) is 38.9 Å². The molecule has 0 unspecified atom stereocenters. The van der Waals surface area contributed by atoms with Crippen LogP contribution in [0.2, 0.25) is 0 Å². The fraction of sp³-hybridized carbons (Fsp3) is 0.250. The third kappa shape index (κ3) is 1.43. The fourth-order valence-electron chi connectivity index (χ4n) is 1.60. The van der Waals surface area contributed by atoms with Gasteiger partial charge in [0.05, 0.1) is 5.52 Å². The lowest BCUT2D eigenvalue weighted by atomic mass is 10.1. The first-order valence-electron chi connectivity index (χ1n) is 4.86. The average Bonchev–Trinajstić information content (AvgIpc) is 2.16. The Hall–Kier alpha value is -1.57. The smallest absolute Gasteiger partial charge is 0.0728 e. The van der Waals surface area contributed by atoms with Gasteiger partial charge in [0.2, 0.25) is 0 Å². The van der Waals surface area contributed by atoms with Gasteiger partial charge in [-0.1, -0.05) is 19.1 Å². The zero-order valence-electron chi connectivity index (χ0n) is 8.54. The second-order valence-corrected chi connectivity index (χ2v) is 3.58. The van der Waals surface area contributed by atoms with E-state index in [1.165, 1.54) is 5.56 Å². The molecule has 2 heteroatoms. The van der Waals surface area contributed by atoms with E-state index in [0.29, 0.717) is 0 Å². The number of hydrogen-bond acceptors (Lipinski definition) is 2. The first-order chi connectivity index (χ1) is 6.70. The van der Waals surface area contributed by atoms with Crippen molar-refractivity contribution in [3.8, 4) is 0 Å². The van der Waals surface area contributed by atoms with Crippen LogP contribution in [0, 0.1) is 6.92 Å². The van der Waals surface area contributed by atoms with Gasteiger partial charge in [-0.25, -0.2) is 0 Å². The summed E-state index contributed by atoms with van der Waals surface area (Å²) in [7, 11) is 0. The van der Waals surface area contributed by atoms with Crippen LogP contribution in [0.4, 0.5) is 5.69 Å². The summed E-state index contributed by atoms with van der Waals surface area (Å²) in [6, 6.07) is 8.13. The molecule has 0 saturated heterocycles. The molecule has 0 aliphatic rings. The molecular weight excluding hydrogens is 172 g/mol. The number of anilines is 1. The van der Waals surface area contributed by atoms with Gasteiger partial charge in [0.1, 0.15) is 0 Å². The van der Waals surface area contributed by atoms with Gasteiger partial charge in [-0.05, 0) is 31.0 Å². The normalized spacial score (nSPS) is 10.7. The van der Waals surface area contributed by atoms with Crippen molar-refractivity contribution >= 4 is 16.6 Å². The van der Waals surface area contributed by atoms with Gasteiger partial charge in [0.25, 0.3) is 0 Å². The second kappa shape index (κ2) is 3.29. The lowest BCUT2D eigenvalue weighted by molar-refractivity contribution is 1.06. The molecule has 2 aromatic rings. The van der Waals surface area contributed by atoms with Crippen molar-refractivity contribution in [2.75, 3.05) is 5.73 Å². The van der Waals surface area contributed by atoms with Crippen LogP contribution in [-0.2, 0) is 6.42 Å². The van der Waals surface area contributed by atoms with E-state index in [2.05, 4.69) is 31.0 Å². The summed E-state index contributed by atoms with van der Waals surface area (Å²) >= 11 is 0. The Balaban J connectivity index is 2.77. The minimum Gasteiger partial charge on any atom is -0.398 e. The molecule has 0 saturated carbocycles. The Bertz CT molecular complexity index is 475. The molecule has 1 heterocycles. The number of fused-ring (bicyclic) bond motifs is 1. The molecule has 0 fully saturated rings. The van der Waals surface area contributed by atoms with E-state index in [-0.39, 0.29) is 0 Å². The summed E-state index contributed by atoms with van der Waals surface area (Å²) in [5.74, 6) is 0. The molecule has 2 rings (SSSR count). The van der Waals surface area contributed by atoms with Crippen molar-refractivity contribution in [3.05, 3.63) is 35.5 Å². The Kier molecular flexibility index (Phi) is 2.12. The minimum absolute atomic E-state index is 0.826. The van der Waals surface area contributed by atoms with Crippen molar-refractivity contribution in [3.63, 3.8) is 0 Å². The monoisotopic (exact) mass is 186 g/mol. The summed E-state index contributed by atoms with van der Waals surface area (Å²) in [4.78, 5) is 4.54. The van der Waals surface area contributed by atoms with Gasteiger partial charge in [0, 0.05) is 16.8 Å². The molecule has 0 bridgehead atoms. The zero-order valence-corrected chi connectivity index (χ0v) is 8.54. The van der Waals surface area contributed by atoms with Crippen molar-refractivity contribution in [1.29, 1.82) is 0 Å². The van der Waals surface area contributed by atoms with E-state index in [1.54, 1.807) is 0 Å². The molecule has 14 heavy (non-hydrogen) atoms. The largest absolute Gasteiger partial charge is 0.398 e. The van der Waals surface area contributed by atoms with Crippen molar-refractivity contribution < 1.29 is 0 Å². The summed E-state index contributed by atoms with van der Waals surface area (Å²) in [5, 5.41) is 1.05. The Labute approximate surface area is 83.8 Å². The Morgan fingerprint density at radius 1 is 1.29 bits per heavy atom. The summed E-state index contributed by atoms with van der Waals surface area (Å²) in [6.07, 6.45) is 0.925. The summed E-state index contributed by atoms with van der Waals surface area (Å²) < 4.78 is 0. The number of hydrogen-bond donors (Lipinski definition) is 1. The predicted octanol–water partition coefficient (Wildman–Crippen LogP) is 2.69. The molecule has 0 spiro atoms. The van der Waals surface area contributed by atoms with E-state index < -0.39 is 0 Å². The maximum Gasteiger partial charge on any atom is 0.0728 e. The SMILES string of the molecule is CCc1cc(N)c2ccc(C)cc2n1. The fourth-order valence-corrected chi connectivity index (χ4v) is 1.60. The molecule has 0 aliphatic carbocycles. The number of benzene rings is 1. The minimum atomic E-state index is 0.826. The number of nitrogen functional groups attached to an aromatic ring is 1. The number of rotatable bonds is 1. The van der Waals surface area contributed by atoms with E-state index in [4.69, 9.17) is 5.73 Å². The van der Waals surface area contributed by atoms with E-state index in [1.807, 2.05) is 12.1 Å². The number of pyridine rings is 1. The van der Waals surface area contributed by atoms with Crippen LogP contribution in [0.3, 0.4) is 0 Å². The molecule has 2 N–H and O–H groups in total. The van der Waals surface area contributed by atoms with Crippen LogP contribution in [-0.4, -0.2) is 4.98 Å². The second-order valence-electron chi connectivity index (χ2n) is 3.58. The summed E-state index contributed by atoms with van der Waals surface area (Å²) in [6.45, 7) is 4.15. The van der Waals surface area contributed by atoms with Crippen LogP contribution in [0.5, 0.6) is 0 Å². The van der Waals surface area contributed by atoms with Crippen molar-refractivity contribution in [1.82, 2.24) is 4.98 Å². The highest BCUT2D eigenvalue weighted by atomic mass is 14.7. The van der Waals surface area contributed by atoms with Gasteiger partial charge >= 0.3 is 0 Å². The highest BCUT2D eigenvalue weighted by Gasteiger charge is 2.01. The number of aromatic nitrogens is 1. The van der Waals surface area contributed by atoms with E-state index in [0.717, 1.165) is 28.7 Å². The first-order valence-corrected chi connectivity index (χ1v) is 4.86. The lowest BCUT2D eigenvalue weighted by Gasteiger charge is -2.05. The van der Waals surface area contributed by atoms with E-state index >= 15 is 0 Å². The quantitative estimate of drug-likeness (QED) is 0.743. The molecular formula is C12H14N2. The molecule has 1 aromatic carbocycles. The first kappa shape index (κ1) is 9.00. The molecule has 0 aliphatic heterocycles. The average molecular weight is 186 g/mol. The molecule has 72 valence electrons. The predicted molar refractivity (Wildman–Crippen MR) is 60.3 cm³/mol. The van der Waals surface area contributed by atoms with Crippen LogP contribution in [0.25, 0.3) is 10.9 Å². The zero-order chi connectivity index (χ0) is 10.1. The third-order valence-electron chi connectivity index (χ3n) is 2.41. The van der Waals surface area contributed by atoms with Gasteiger partial charge in [-0.15, -0.1) is 0 Å². The molecule has 0 radical (unpaired) electrons. The Morgan fingerprint density at radius 2 is 2.07 bits per heavy atom. The highest BCUT2D eigenvalue weighted by molar-refractivity contribution is 5.90. The molecule has 1 aromatic heterocycles. The highest BCUT2D eigenvalue weighted by Crippen LogP contribution is 2.21. The van der Waals surface area contributed by atoms with Gasteiger partial charge in [0.15, 0.2) is 0 Å². The molecule has 0 amide bonds. The van der Waals surface area contributed by atoms with Crippen molar-refractivity contribution in [2.45, 2.75) is 20.3 Å². The Morgan fingerprint density at radius 3 is 2.79 bits per heavy atom. The van der Waals surface area contributed by atoms with Gasteiger partial charge in [-0.2, -0.15) is 0 Å². The van der Waals surface area contributed by atoms with Crippen molar-refractivity contribution in [2.24, 2.45) is 0 Å². The van der Waals surface area contributed by atoms with Crippen LogP contribution >= 0.6 is 0 Å². The third-order valence-corrected chi connectivity index (χ3v) is 2.41. The maximum atomic E-state index is 5.94.